The lowest BCUT2D eigenvalue weighted by Crippen LogP contribution is -2.49. The van der Waals surface area contributed by atoms with Crippen LogP contribution in [0.2, 0.25) is 0 Å². The van der Waals surface area contributed by atoms with E-state index in [1.807, 2.05) is 35.2 Å². The van der Waals surface area contributed by atoms with Crippen LogP contribution in [0.3, 0.4) is 0 Å². The van der Waals surface area contributed by atoms with Crippen LogP contribution in [0.25, 0.3) is 0 Å². The maximum absolute atomic E-state index is 13.9. The molecule has 7 nitrogen and oxygen atoms in total. The normalized spacial score (nSPS) is 17.1. The number of nitrogens with one attached hydrogen (secondary N) is 1. The highest BCUT2D eigenvalue weighted by Gasteiger charge is 2.42. The number of amides is 2. The van der Waals surface area contributed by atoms with Gasteiger partial charge in [0.15, 0.2) is 0 Å². The molecule has 1 aromatic heterocycles. The number of benzene rings is 2. The lowest BCUT2D eigenvalue weighted by molar-refractivity contribution is -0.130. The summed E-state index contributed by atoms with van der Waals surface area (Å²) in [7, 11) is 0. The van der Waals surface area contributed by atoms with Crippen LogP contribution in [0.4, 0.5) is 16.0 Å². The molecule has 0 bridgehead atoms. The first-order chi connectivity index (χ1) is 17.5. The van der Waals surface area contributed by atoms with Gasteiger partial charge in [0.1, 0.15) is 5.82 Å². The molecule has 1 aliphatic carbocycles. The van der Waals surface area contributed by atoms with E-state index in [0.29, 0.717) is 57.1 Å². The molecule has 0 radical (unpaired) electrons. The van der Waals surface area contributed by atoms with Gasteiger partial charge in [-0.3, -0.25) is 9.59 Å². The van der Waals surface area contributed by atoms with Crippen LogP contribution in [0.15, 0.2) is 67.0 Å². The zero-order valence-corrected chi connectivity index (χ0v) is 20.2. The largest absolute Gasteiger partial charge is 0.339 e. The first kappa shape index (κ1) is 23.9. The van der Waals surface area contributed by atoms with Gasteiger partial charge in [-0.05, 0) is 54.3 Å². The zero-order valence-electron chi connectivity index (χ0n) is 20.2. The van der Waals surface area contributed by atoms with E-state index >= 15 is 0 Å². The van der Waals surface area contributed by atoms with Crippen LogP contribution >= 0.6 is 0 Å². The molecule has 8 heteroatoms. The van der Waals surface area contributed by atoms with Gasteiger partial charge in [-0.25, -0.2) is 14.4 Å². The molecule has 2 fully saturated rings. The Morgan fingerprint density at radius 2 is 1.61 bits per heavy atom. The highest BCUT2D eigenvalue weighted by atomic mass is 19.1. The summed E-state index contributed by atoms with van der Waals surface area (Å²) >= 11 is 0. The van der Waals surface area contributed by atoms with Crippen LogP contribution in [0, 0.1) is 5.82 Å². The number of hydrogen-bond donors (Lipinski definition) is 1. The molecular weight excluding hydrogens is 457 g/mol. The van der Waals surface area contributed by atoms with E-state index in [2.05, 4.69) is 20.2 Å². The first-order valence-corrected chi connectivity index (χ1v) is 12.5. The van der Waals surface area contributed by atoms with Crippen molar-refractivity contribution in [1.29, 1.82) is 0 Å². The summed E-state index contributed by atoms with van der Waals surface area (Å²) < 4.78 is 13.9. The zero-order chi connectivity index (χ0) is 25.0. The number of hydrogen-bond acceptors (Lipinski definition) is 5. The van der Waals surface area contributed by atoms with E-state index < -0.39 is 5.41 Å². The number of rotatable bonds is 6. The third-order valence-electron chi connectivity index (χ3n) is 7.30. The Morgan fingerprint density at radius 3 is 2.28 bits per heavy atom. The number of aromatic nitrogens is 2. The molecule has 1 saturated heterocycles. The molecule has 186 valence electrons. The Kier molecular flexibility index (Phi) is 6.93. The van der Waals surface area contributed by atoms with Gasteiger partial charge < -0.3 is 15.1 Å². The molecule has 2 aromatic carbocycles. The smallest absolute Gasteiger partial charge is 0.235 e. The van der Waals surface area contributed by atoms with Crippen molar-refractivity contribution < 1.29 is 14.0 Å². The first-order valence-electron chi connectivity index (χ1n) is 12.5. The average Bonchev–Trinajstić information content (AvgIpc) is 3.42. The lowest BCUT2D eigenvalue weighted by Gasteiger charge is -2.34. The predicted octanol–water partition coefficient (Wildman–Crippen LogP) is 3.96. The van der Waals surface area contributed by atoms with Gasteiger partial charge in [-0.2, -0.15) is 0 Å². The van der Waals surface area contributed by atoms with E-state index in [1.165, 1.54) is 12.1 Å². The second-order valence-electron chi connectivity index (χ2n) is 9.54. The van der Waals surface area contributed by atoms with E-state index in [9.17, 15) is 14.0 Å². The Balaban J connectivity index is 1.18. The van der Waals surface area contributed by atoms with E-state index in [4.69, 9.17) is 0 Å². The second kappa shape index (κ2) is 10.4. The summed E-state index contributed by atoms with van der Waals surface area (Å²) in [5, 5.41) is 3.03. The van der Waals surface area contributed by atoms with Crippen LogP contribution in [0.1, 0.15) is 36.8 Å². The molecule has 1 N–H and O–H groups in total. The SMILES string of the molecule is O=C(Cc1ccc(NC(=O)C2(c3cccc(F)c3)CCCC2)cc1)N1CCN(c2ncccn2)CC1. The van der Waals surface area contributed by atoms with Crippen LogP contribution in [-0.4, -0.2) is 52.9 Å². The molecule has 2 heterocycles. The van der Waals surface area contributed by atoms with Crippen LogP contribution < -0.4 is 10.2 Å². The molecule has 1 saturated carbocycles. The van der Waals surface area contributed by atoms with Crippen LogP contribution in [-0.2, 0) is 21.4 Å². The minimum Gasteiger partial charge on any atom is -0.339 e. The summed E-state index contributed by atoms with van der Waals surface area (Å²) in [5.74, 6) is 0.348. The summed E-state index contributed by atoms with van der Waals surface area (Å²) in [5.41, 5.74) is 1.60. The quantitative estimate of drug-likeness (QED) is 0.570. The Bertz CT molecular complexity index is 1200. The molecule has 0 spiro atoms. The summed E-state index contributed by atoms with van der Waals surface area (Å²) in [6.45, 7) is 2.67. The molecule has 2 aliphatic rings. The predicted molar refractivity (Wildman–Crippen MR) is 136 cm³/mol. The van der Waals surface area contributed by atoms with Crippen molar-refractivity contribution in [3.8, 4) is 0 Å². The average molecular weight is 488 g/mol. The highest BCUT2D eigenvalue weighted by molar-refractivity contribution is 5.99. The van der Waals surface area contributed by atoms with Crippen molar-refractivity contribution in [2.45, 2.75) is 37.5 Å². The third kappa shape index (κ3) is 5.08. The van der Waals surface area contributed by atoms with Gasteiger partial charge in [0, 0.05) is 44.3 Å². The monoisotopic (exact) mass is 487 g/mol. The minimum atomic E-state index is -0.705. The maximum atomic E-state index is 13.9. The fraction of sp³-hybridized carbons (Fsp3) is 0.357. The number of nitrogens with zero attached hydrogens (tertiary/aromatic N) is 4. The Hall–Kier alpha value is -3.81. The summed E-state index contributed by atoms with van der Waals surface area (Å²) in [6, 6.07) is 15.6. The van der Waals surface area contributed by atoms with Crippen molar-refractivity contribution >= 4 is 23.5 Å². The van der Waals surface area contributed by atoms with Gasteiger partial charge in [0.2, 0.25) is 17.8 Å². The molecule has 1 aliphatic heterocycles. The molecular formula is C28H30FN5O2. The van der Waals surface area contributed by atoms with Gasteiger partial charge >= 0.3 is 0 Å². The molecule has 2 amide bonds. The van der Waals surface area contributed by atoms with Crippen molar-refractivity contribution in [3.63, 3.8) is 0 Å². The van der Waals surface area contributed by atoms with Crippen molar-refractivity contribution in [3.05, 3.63) is 83.9 Å². The maximum Gasteiger partial charge on any atom is 0.235 e. The Morgan fingerprint density at radius 1 is 0.917 bits per heavy atom. The highest BCUT2D eigenvalue weighted by Crippen LogP contribution is 2.42. The second-order valence-corrected chi connectivity index (χ2v) is 9.54. The van der Waals surface area contributed by atoms with Crippen molar-refractivity contribution in [1.82, 2.24) is 14.9 Å². The fourth-order valence-electron chi connectivity index (χ4n) is 5.26. The van der Waals surface area contributed by atoms with Gasteiger partial charge in [-0.15, -0.1) is 0 Å². The molecule has 5 rings (SSSR count). The number of carbonyl (C=O) groups is 2. The van der Waals surface area contributed by atoms with Gasteiger partial charge in [0.25, 0.3) is 0 Å². The van der Waals surface area contributed by atoms with E-state index in [1.54, 1.807) is 24.5 Å². The third-order valence-corrected chi connectivity index (χ3v) is 7.30. The summed E-state index contributed by atoms with van der Waals surface area (Å²) in [4.78, 5) is 38.7. The lowest BCUT2D eigenvalue weighted by atomic mass is 9.78. The van der Waals surface area contributed by atoms with Gasteiger partial charge in [0.05, 0.1) is 11.8 Å². The van der Waals surface area contributed by atoms with Gasteiger partial charge in [-0.1, -0.05) is 37.1 Å². The number of piperazine rings is 1. The Labute approximate surface area is 210 Å². The molecule has 0 atom stereocenters. The molecule has 0 unspecified atom stereocenters. The van der Waals surface area contributed by atoms with E-state index in [0.717, 1.165) is 24.0 Å². The number of anilines is 2. The van der Waals surface area contributed by atoms with Crippen LogP contribution in [0.5, 0.6) is 0 Å². The topological polar surface area (TPSA) is 78.4 Å². The fourth-order valence-corrected chi connectivity index (χ4v) is 5.26. The standard InChI is InChI=1S/C28H30FN5O2/c29-23-6-3-5-22(20-23)28(11-1-2-12-28)26(36)32-24-9-7-21(8-10-24)19-25(35)33-15-17-34(18-16-33)27-30-13-4-14-31-27/h3-10,13-14,20H,1-2,11-12,15-19H2,(H,32,36). The van der Waals surface area contributed by atoms with Crippen molar-refractivity contribution in [2.75, 3.05) is 36.4 Å². The van der Waals surface area contributed by atoms with Crippen molar-refractivity contribution in [2.24, 2.45) is 0 Å². The molecule has 3 aromatic rings. The number of halogens is 1. The number of carbonyl (C=O) groups excluding carboxylic acids is 2. The summed E-state index contributed by atoms with van der Waals surface area (Å²) in [6.07, 6.45) is 7.05. The van der Waals surface area contributed by atoms with E-state index in [-0.39, 0.29) is 17.6 Å². The molecule has 36 heavy (non-hydrogen) atoms. The minimum absolute atomic E-state index is 0.0800.